The highest BCUT2D eigenvalue weighted by atomic mass is 16.5. The molecule has 2 aromatic rings. The molecule has 0 radical (unpaired) electrons. The van der Waals surface area contributed by atoms with E-state index in [0.717, 1.165) is 5.52 Å². The summed E-state index contributed by atoms with van der Waals surface area (Å²) in [7, 11) is 3.34. The van der Waals surface area contributed by atoms with Gasteiger partial charge in [0.05, 0.1) is 24.5 Å². The quantitative estimate of drug-likeness (QED) is 0.883. The largest absolute Gasteiger partial charge is 0.494 e. The normalized spacial score (nSPS) is 20.3. The Morgan fingerprint density at radius 3 is 2.81 bits per heavy atom. The Kier molecular flexibility index (Phi) is 3.04. The first-order valence-corrected chi connectivity index (χ1v) is 6.56. The monoisotopic (exact) mass is 289 g/mol. The van der Waals surface area contributed by atoms with Crippen molar-refractivity contribution in [3.8, 4) is 5.75 Å². The van der Waals surface area contributed by atoms with Gasteiger partial charge >= 0.3 is 5.97 Å². The van der Waals surface area contributed by atoms with Gasteiger partial charge < -0.3 is 14.4 Å². The summed E-state index contributed by atoms with van der Waals surface area (Å²) >= 11 is 0. The highest BCUT2D eigenvalue weighted by Crippen LogP contribution is 2.39. The molecule has 0 aliphatic heterocycles. The van der Waals surface area contributed by atoms with E-state index in [2.05, 4.69) is 10.3 Å². The topological polar surface area (TPSA) is 93.4 Å². The van der Waals surface area contributed by atoms with Gasteiger partial charge in [-0.2, -0.15) is 0 Å². The molecule has 21 heavy (non-hydrogen) atoms. The number of carbonyl (C=O) groups is 2. The molecule has 7 nitrogen and oxygen atoms in total. The van der Waals surface area contributed by atoms with Crippen molar-refractivity contribution in [3.63, 3.8) is 0 Å². The fourth-order valence-corrected chi connectivity index (χ4v) is 2.43. The molecule has 1 aliphatic rings. The van der Waals surface area contributed by atoms with E-state index in [1.54, 1.807) is 24.8 Å². The Bertz CT molecular complexity index is 737. The molecule has 1 heterocycles. The van der Waals surface area contributed by atoms with Crippen LogP contribution in [0.4, 0.5) is 5.95 Å². The highest BCUT2D eigenvalue weighted by molar-refractivity contribution is 5.98. The molecule has 110 valence electrons. The van der Waals surface area contributed by atoms with Gasteiger partial charge in [-0.05, 0) is 18.6 Å². The van der Waals surface area contributed by atoms with E-state index in [1.807, 2.05) is 12.1 Å². The molecule has 0 unspecified atom stereocenters. The zero-order chi connectivity index (χ0) is 15.1. The van der Waals surface area contributed by atoms with E-state index in [0.29, 0.717) is 23.6 Å². The lowest BCUT2D eigenvalue weighted by molar-refractivity contribution is -0.139. The van der Waals surface area contributed by atoms with Crippen molar-refractivity contribution in [1.82, 2.24) is 9.55 Å². The summed E-state index contributed by atoms with van der Waals surface area (Å²) in [5.41, 5.74) is 1.48. The molecule has 7 heteroatoms. The molecule has 1 aromatic heterocycles. The number of hydrogen-bond acceptors (Lipinski definition) is 4. The highest BCUT2D eigenvalue weighted by Gasteiger charge is 2.48. The number of aromatic nitrogens is 2. The van der Waals surface area contributed by atoms with Crippen LogP contribution in [0.5, 0.6) is 5.75 Å². The predicted molar refractivity (Wildman–Crippen MR) is 75.1 cm³/mol. The molecule has 1 aromatic carbocycles. The maximum atomic E-state index is 12.0. The Morgan fingerprint density at radius 1 is 1.43 bits per heavy atom. The predicted octanol–water partition coefficient (Wildman–Crippen LogP) is 1.24. The number of para-hydroxylation sites is 1. The van der Waals surface area contributed by atoms with Crippen LogP contribution in [-0.4, -0.2) is 33.6 Å². The van der Waals surface area contributed by atoms with Gasteiger partial charge in [-0.1, -0.05) is 6.07 Å². The number of benzene rings is 1. The lowest BCUT2D eigenvalue weighted by Gasteiger charge is -2.04. The molecule has 1 aliphatic carbocycles. The average molecular weight is 289 g/mol. The van der Waals surface area contributed by atoms with Gasteiger partial charge in [-0.25, -0.2) is 4.98 Å². The first kappa shape index (κ1) is 13.4. The van der Waals surface area contributed by atoms with Crippen molar-refractivity contribution in [2.24, 2.45) is 18.9 Å². The third-order valence-corrected chi connectivity index (χ3v) is 3.77. The van der Waals surface area contributed by atoms with Crippen LogP contribution in [0.15, 0.2) is 18.2 Å². The maximum absolute atomic E-state index is 12.0. The van der Waals surface area contributed by atoms with Crippen molar-refractivity contribution < 1.29 is 19.4 Å². The van der Waals surface area contributed by atoms with E-state index in [9.17, 15) is 9.59 Å². The number of ether oxygens (including phenoxy) is 1. The van der Waals surface area contributed by atoms with Gasteiger partial charge in [0, 0.05) is 7.05 Å². The van der Waals surface area contributed by atoms with Gasteiger partial charge in [0.25, 0.3) is 0 Å². The van der Waals surface area contributed by atoms with Gasteiger partial charge in [-0.3, -0.25) is 14.9 Å². The molecule has 1 saturated carbocycles. The molecule has 2 atom stereocenters. The fourth-order valence-electron chi connectivity index (χ4n) is 2.43. The fraction of sp³-hybridized carbons (Fsp3) is 0.357. The number of fused-ring (bicyclic) bond motifs is 1. The smallest absolute Gasteiger partial charge is 0.307 e. The Balaban J connectivity index is 1.86. The Morgan fingerprint density at radius 2 is 2.19 bits per heavy atom. The number of imidazole rings is 1. The minimum absolute atomic E-state index is 0.306. The standard InChI is InChI=1S/C14H15N3O4/c1-17-9-4-3-5-10(21-2)11(9)15-14(17)16-12(18)7-6-8(7)13(19)20/h3-5,7-8H,6H2,1-2H3,(H,19,20)(H,15,16,18)/t7-,8-/m1/s1. The number of aliphatic carboxylic acids is 1. The molecule has 0 saturated heterocycles. The lowest BCUT2D eigenvalue weighted by atomic mass is 10.3. The summed E-state index contributed by atoms with van der Waals surface area (Å²) in [6, 6.07) is 5.51. The van der Waals surface area contributed by atoms with Crippen molar-refractivity contribution in [2.45, 2.75) is 6.42 Å². The number of carbonyl (C=O) groups excluding carboxylic acids is 1. The number of aryl methyl sites for hydroxylation is 1. The molecule has 1 fully saturated rings. The SMILES string of the molecule is COc1cccc2c1nc(NC(=O)[C@@H]1C[C@H]1C(=O)O)n2C. The van der Waals surface area contributed by atoms with Crippen LogP contribution >= 0.6 is 0 Å². The van der Waals surface area contributed by atoms with Crippen molar-refractivity contribution in [1.29, 1.82) is 0 Å². The molecule has 0 bridgehead atoms. The number of anilines is 1. The second-order valence-corrected chi connectivity index (χ2v) is 5.10. The van der Waals surface area contributed by atoms with Crippen LogP contribution in [0, 0.1) is 11.8 Å². The Hall–Kier alpha value is -2.57. The molecule has 1 amide bonds. The van der Waals surface area contributed by atoms with Gasteiger partial charge in [0.2, 0.25) is 11.9 Å². The summed E-state index contributed by atoms with van der Waals surface area (Å²) in [5, 5.41) is 11.6. The zero-order valence-electron chi connectivity index (χ0n) is 11.7. The van der Waals surface area contributed by atoms with E-state index >= 15 is 0 Å². The first-order valence-electron chi connectivity index (χ1n) is 6.56. The average Bonchev–Trinajstić information content (AvgIpc) is 3.21. The van der Waals surface area contributed by atoms with E-state index in [4.69, 9.17) is 9.84 Å². The molecule has 3 rings (SSSR count). The van der Waals surface area contributed by atoms with E-state index in [-0.39, 0.29) is 5.91 Å². The van der Waals surface area contributed by atoms with E-state index < -0.39 is 17.8 Å². The van der Waals surface area contributed by atoms with Crippen molar-refractivity contribution >= 4 is 28.9 Å². The number of hydrogen-bond donors (Lipinski definition) is 2. The second-order valence-electron chi connectivity index (χ2n) is 5.10. The second kappa shape index (κ2) is 4.76. The zero-order valence-corrected chi connectivity index (χ0v) is 11.7. The molecule has 0 spiro atoms. The van der Waals surface area contributed by atoms with Crippen LogP contribution in [0.2, 0.25) is 0 Å². The Labute approximate surface area is 120 Å². The number of carboxylic acids is 1. The minimum Gasteiger partial charge on any atom is -0.494 e. The number of nitrogens with zero attached hydrogens (tertiary/aromatic N) is 2. The summed E-state index contributed by atoms with van der Waals surface area (Å²) in [4.78, 5) is 27.2. The van der Waals surface area contributed by atoms with Gasteiger partial charge in [-0.15, -0.1) is 0 Å². The molecular weight excluding hydrogens is 274 g/mol. The minimum atomic E-state index is -0.929. The van der Waals surface area contributed by atoms with Gasteiger partial charge in [0.15, 0.2) is 0 Å². The van der Waals surface area contributed by atoms with Crippen LogP contribution in [0.1, 0.15) is 6.42 Å². The van der Waals surface area contributed by atoms with Crippen molar-refractivity contribution in [2.75, 3.05) is 12.4 Å². The summed E-state index contributed by atoms with van der Waals surface area (Å²) in [5.74, 6) is -1.27. The van der Waals surface area contributed by atoms with Crippen LogP contribution in [-0.2, 0) is 16.6 Å². The summed E-state index contributed by atoms with van der Waals surface area (Å²) in [6.45, 7) is 0. The summed E-state index contributed by atoms with van der Waals surface area (Å²) in [6.07, 6.45) is 0.383. The van der Waals surface area contributed by atoms with Gasteiger partial charge in [0.1, 0.15) is 11.3 Å². The maximum Gasteiger partial charge on any atom is 0.307 e. The van der Waals surface area contributed by atoms with Crippen molar-refractivity contribution in [3.05, 3.63) is 18.2 Å². The van der Waals surface area contributed by atoms with Crippen LogP contribution < -0.4 is 10.1 Å². The number of carboxylic acid groups (broad SMARTS) is 1. The number of amides is 1. The number of nitrogens with one attached hydrogen (secondary N) is 1. The number of methoxy groups -OCH3 is 1. The first-order chi connectivity index (χ1) is 10.0. The lowest BCUT2D eigenvalue weighted by Crippen LogP contribution is -2.19. The third-order valence-electron chi connectivity index (χ3n) is 3.77. The molecular formula is C14H15N3O4. The van der Waals surface area contributed by atoms with Crippen LogP contribution in [0.25, 0.3) is 11.0 Å². The van der Waals surface area contributed by atoms with Crippen LogP contribution in [0.3, 0.4) is 0 Å². The number of rotatable bonds is 4. The molecule has 2 N–H and O–H groups in total. The third kappa shape index (κ3) is 2.20. The van der Waals surface area contributed by atoms with E-state index in [1.165, 1.54) is 0 Å². The summed E-state index contributed by atoms with van der Waals surface area (Å²) < 4.78 is 6.99.